The zero-order valence-electron chi connectivity index (χ0n) is 18.0. The summed E-state index contributed by atoms with van der Waals surface area (Å²) >= 11 is 0. The molecule has 0 aliphatic heterocycles. The maximum atomic E-state index is 13.9. The van der Waals surface area contributed by atoms with E-state index >= 15 is 0 Å². The van der Waals surface area contributed by atoms with E-state index in [-0.39, 0.29) is 30.3 Å². The maximum Gasteiger partial charge on any atom is 0.429 e. The molecule has 8 nitrogen and oxygen atoms in total. The molecule has 13 heteroatoms. The van der Waals surface area contributed by atoms with Crippen LogP contribution in [0.5, 0.6) is 0 Å². The fourth-order valence-electron chi connectivity index (χ4n) is 2.67. The summed E-state index contributed by atoms with van der Waals surface area (Å²) < 4.78 is 70.7. The van der Waals surface area contributed by atoms with Crippen molar-refractivity contribution >= 4 is 18.3 Å². The average molecular weight is 472 g/mol. The van der Waals surface area contributed by atoms with Gasteiger partial charge in [-0.2, -0.15) is 28.2 Å². The fourth-order valence-corrected chi connectivity index (χ4v) is 2.67. The first-order valence-corrected chi connectivity index (χ1v) is 9.57. The van der Waals surface area contributed by atoms with E-state index in [0.29, 0.717) is 0 Å². The number of amides is 1. The van der Waals surface area contributed by atoms with Crippen molar-refractivity contribution in [3.63, 3.8) is 0 Å². The van der Waals surface area contributed by atoms with E-state index in [1.165, 1.54) is 17.3 Å². The maximum absolute atomic E-state index is 13.9. The molecule has 1 amide bonds. The van der Waals surface area contributed by atoms with E-state index in [9.17, 15) is 26.7 Å². The highest BCUT2D eigenvalue weighted by Gasteiger charge is 2.31. The Bertz CT molecular complexity index is 1050. The van der Waals surface area contributed by atoms with Gasteiger partial charge >= 0.3 is 6.18 Å². The Morgan fingerprint density at radius 3 is 2.42 bits per heavy atom. The predicted molar refractivity (Wildman–Crippen MR) is 110 cm³/mol. The third-order valence-electron chi connectivity index (χ3n) is 4.44. The number of ether oxygens (including phenoxy) is 1. The average Bonchev–Trinajstić information content (AvgIpc) is 3.29. The van der Waals surface area contributed by atoms with Crippen molar-refractivity contribution in [1.29, 1.82) is 0 Å². The summed E-state index contributed by atoms with van der Waals surface area (Å²) in [6.45, 7) is 7.21. The number of alkyl halides is 3. The predicted octanol–water partition coefficient (Wildman–Crippen LogP) is 3.94. The summed E-state index contributed by atoms with van der Waals surface area (Å²) in [6.07, 6.45) is -1.23. The van der Waals surface area contributed by atoms with Crippen LogP contribution >= 0.6 is 0 Å². The smallest absolute Gasteiger partial charge is 0.429 e. The highest BCUT2D eigenvalue weighted by molar-refractivity contribution is 5.98. The van der Waals surface area contributed by atoms with Crippen LogP contribution in [0.15, 0.2) is 46.6 Å². The third-order valence-corrected chi connectivity index (χ3v) is 4.44. The molecule has 178 valence electrons. The summed E-state index contributed by atoms with van der Waals surface area (Å²) in [4.78, 5) is 22.1. The van der Waals surface area contributed by atoms with E-state index < -0.39 is 35.5 Å². The molecule has 33 heavy (non-hydrogen) atoms. The molecule has 2 rings (SSSR count). The van der Waals surface area contributed by atoms with Crippen LogP contribution < -0.4 is 0 Å². The molecule has 0 radical (unpaired) electrons. The Morgan fingerprint density at radius 2 is 1.88 bits per heavy atom. The molecule has 0 saturated heterocycles. The lowest BCUT2D eigenvalue weighted by atomic mass is 10.1. The van der Waals surface area contributed by atoms with Crippen molar-refractivity contribution in [3.8, 4) is 5.69 Å². The standard InChI is InChI=1S/C20H21F5N6O2/c1-5-30(12(2)11-33-18(26-4)10-27-13(3)20(23,24)25)19(32)14-8-15(21)16(22)9-17(14)31-28-6-7-29-31/h6-10,12H,4-5,11H2,1-3H3/b18-10+,27-13+/t12-/m0/s1. The molecule has 0 aliphatic carbocycles. The minimum absolute atomic E-state index is 0.0687. The molecule has 0 N–H and O–H groups in total. The Labute approximate surface area is 186 Å². The lowest BCUT2D eigenvalue weighted by Crippen LogP contribution is -2.41. The highest BCUT2D eigenvalue weighted by Crippen LogP contribution is 2.21. The number of aromatic nitrogens is 3. The van der Waals surface area contributed by atoms with Gasteiger partial charge in [-0.05, 0) is 33.6 Å². The molecule has 2 aromatic rings. The summed E-state index contributed by atoms with van der Waals surface area (Å²) in [5.41, 5.74) is -1.37. The fraction of sp³-hybridized carbons (Fsp3) is 0.350. The van der Waals surface area contributed by atoms with Gasteiger partial charge in [-0.3, -0.25) is 9.79 Å². The number of aliphatic imine (C=N–C) groups is 2. The number of likely N-dealkylation sites (N-methyl/N-ethyl adjacent to an activating group) is 1. The molecule has 1 heterocycles. The van der Waals surface area contributed by atoms with E-state index in [0.717, 1.165) is 30.1 Å². The van der Waals surface area contributed by atoms with Crippen molar-refractivity contribution in [2.75, 3.05) is 13.2 Å². The van der Waals surface area contributed by atoms with Crippen LogP contribution in [-0.2, 0) is 4.74 Å². The zero-order chi connectivity index (χ0) is 24.8. The second-order valence-corrected chi connectivity index (χ2v) is 6.69. The molecular weight excluding hydrogens is 451 g/mol. The number of carbonyl (C=O) groups is 1. The SMILES string of the molecule is C=N/C(=C\N=C(/C)C(F)(F)F)OC[C@H](C)N(CC)C(=O)c1cc(F)c(F)cc1-n1nccn1. The van der Waals surface area contributed by atoms with E-state index in [2.05, 4.69) is 26.9 Å². The van der Waals surface area contributed by atoms with Gasteiger partial charge in [0, 0.05) is 12.6 Å². The van der Waals surface area contributed by atoms with Crippen LogP contribution in [0.3, 0.4) is 0 Å². The first-order chi connectivity index (χ1) is 15.5. The minimum Gasteiger partial charge on any atom is -0.474 e. The molecule has 0 saturated carbocycles. The number of rotatable bonds is 9. The van der Waals surface area contributed by atoms with Crippen LogP contribution in [0, 0.1) is 11.6 Å². The largest absolute Gasteiger partial charge is 0.474 e. The Hall–Kier alpha value is -3.64. The topological polar surface area (TPSA) is 85.0 Å². The van der Waals surface area contributed by atoms with Gasteiger partial charge in [0.1, 0.15) is 18.0 Å². The van der Waals surface area contributed by atoms with Crippen LogP contribution in [-0.4, -0.2) is 63.6 Å². The quantitative estimate of drug-likeness (QED) is 0.314. The number of hydrogen-bond acceptors (Lipinski definition) is 6. The summed E-state index contributed by atoms with van der Waals surface area (Å²) in [5.74, 6) is -3.36. The number of benzene rings is 1. The van der Waals surface area contributed by atoms with E-state index in [1.54, 1.807) is 13.8 Å². The van der Waals surface area contributed by atoms with E-state index in [1.807, 2.05) is 0 Å². The van der Waals surface area contributed by atoms with Gasteiger partial charge in [0.15, 0.2) is 11.6 Å². The van der Waals surface area contributed by atoms with Crippen LogP contribution in [0.4, 0.5) is 22.0 Å². The lowest BCUT2D eigenvalue weighted by molar-refractivity contribution is -0.0592. The van der Waals surface area contributed by atoms with Gasteiger partial charge in [0.05, 0.1) is 30.2 Å². The number of halogens is 5. The molecule has 0 aliphatic rings. The van der Waals surface area contributed by atoms with Gasteiger partial charge in [0.2, 0.25) is 5.88 Å². The van der Waals surface area contributed by atoms with Gasteiger partial charge in [0.25, 0.3) is 5.91 Å². The molecule has 1 aromatic carbocycles. The van der Waals surface area contributed by atoms with Crippen LogP contribution in [0.25, 0.3) is 5.69 Å². The Kier molecular flexibility index (Phi) is 8.38. The van der Waals surface area contributed by atoms with Crippen LogP contribution in [0.2, 0.25) is 0 Å². The first-order valence-electron chi connectivity index (χ1n) is 9.57. The monoisotopic (exact) mass is 472 g/mol. The molecule has 1 atom stereocenters. The molecular formula is C20H21F5N6O2. The van der Waals surface area contributed by atoms with Crippen molar-refractivity contribution in [2.24, 2.45) is 9.98 Å². The molecule has 0 bridgehead atoms. The van der Waals surface area contributed by atoms with Crippen molar-refractivity contribution < 1.29 is 31.5 Å². The van der Waals surface area contributed by atoms with Gasteiger partial charge < -0.3 is 9.64 Å². The normalized spacial score (nSPS) is 13.6. The minimum atomic E-state index is -4.60. The summed E-state index contributed by atoms with van der Waals surface area (Å²) in [6, 6.07) is 0.908. The van der Waals surface area contributed by atoms with Gasteiger partial charge in [-0.25, -0.2) is 13.8 Å². The van der Waals surface area contributed by atoms with Crippen LogP contribution in [0.1, 0.15) is 31.1 Å². The second-order valence-electron chi connectivity index (χ2n) is 6.69. The molecule has 1 aromatic heterocycles. The molecule has 0 spiro atoms. The zero-order valence-corrected chi connectivity index (χ0v) is 18.0. The molecule has 0 fully saturated rings. The van der Waals surface area contributed by atoms with Crippen molar-refractivity contribution in [1.82, 2.24) is 19.9 Å². The number of hydrogen-bond donors (Lipinski definition) is 0. The lowest BCUT2D eigenvalue weighted by Gasteiger charge is -2.28. The second kappa shape index (κ2) is 10.8. The summed E-state index contributed by atoms with van der Waals surface area (Å²) in [7, 11) is 0. The highest BCUT2D eigenvalue weighted by atomic mass is 19.4. The Morgan fingerprint density at radius 1 is 1.27 bits per heavy atom. The van der Waals surface area contributed by atoms with Crippen molar-refractivity contribution in [3.05, 3.63) is 53.8 Å². The first kappa shape index (κ1) is 25.6. The Balaban J connectivity index is 2.24. The van der Waals surface area contributed by atoms with E-state index in [4.69, 9.17) is 4.74 Å². The van der Waals surface area contributed by atoms with Gasteiger partial charge in [-0.15, -0.1) is 0 Å². The van der Waals surface area contributed by atoms with Gasteiger partial charge in [-0.1, -0.05) is 0 Å². The number of nitrogens with zero attached hydrogens (tertiary/aromatic N) is 6. The number of carbonyl (C=O) groups excluding carboxylic acids is 1. The molecule has 0 unspecified atom stereocenters. The summed E-state index contributed by atoms with van der Waals surface area (Å²) in [5, 5.41) is 7.71. The van der Waals surface area contributed by atoms with Crippen molar-refractivity contribution in [2.45, 2.75) is 33.0 Å². The third kappa shape index (κ3) is 6.43.